The average molecular weight is 289 g/mol. The zero-order valence-electron chi connectivity index (χ0n) is 11.7. The van der Waals surface area contributed by atoms with Crippen LogP contribution in [0.3, 0.4) is 0 Å². The van der Waals surface area contributed by atoms with Crippen molar-refractivity contribution in [2.45, 2.75) is 25.4 Å². The molecule has 1 heterocycles. The molecule has 0 aliphatic carbocycles. The van der Waals surface area contributed by atoms with Crippen LogP contribution in [0.2, 0.25) is 0 Å². The molecule has 2 atom stereocenters. The Labute approximate surface area is 118 Å². The fourth-order valence-electron chi connectivity index (χ4n) is 2.03. The van der Waals surface area contributed by atoms with Crippen molar-refractivity contribution in [1.29, 1.82) is 0 Å². The summed E-state index contributed by atoms with van der Waals surface area (Å²) in [6, 6.07) is -1.71. The van der Waals surface area contributed by atoms with Crippen molar-refractivity contribution in [3.8, 4) is 0 Å². The Kier molecular flexibility index (Phi) is 7.27. The van der Waals surface area contributed by atoms with Gasteiger partial charge in [-0.15, -0.1) is 0 Å². The van der Waals surface area contributed by atoms with Gasteiger partial charge in [-0.2, -0.15) is 0 Å². The predicted octanol–water partition coefficient (Wildman–Crippen LogP) is -1.16. The quantitative estimate of drug-likeness (QED) is 0.470. The Morgan fingerprint density at radius 3 is 2.50 bits per heavy atom. The number of aliphatic hydroxyl groups is 1. The lowest BCUT2D eigenvalue weighted by Crippen LogP contribution is -2.52. The number of morpholine rings is 1. The number of urea groups is 1. The van der Waals surface area contributed by atoms with Crippen molar-refractivity contribution in [2.24, 2.45) is 0 Å². The molecule has 0 saturated carbocycles. The van der Waals surface area contributed by atoms with E-state index in [1.165, 1.54) is 0 Å². The number of hydrogen-bond donors (Lipinski definition) is 4. The summed E-state index contributed by atoms with van der Waals surface area (Å²) in [4.78, 5) is 24.7. The van der Waals surface area contributed by atoms with Gasteiger partial charge in [-0.3, -0.25) is 4.90 Å². The number of hydrogen-bond acceptors (Lipinski definition) is 5. The smallest absolute Gasteiger partial charge is 0.326 e. The number of ether oxygens (including phenoxy) is 1. The fraction of sp³-hybridized carbons (Fsp3) is 0.833. The summed E-state index contributed by atoms with van der Waals surface area (Å²) >= 11 is 0. The van der Waals surface area contributed by atoms with E-state index in [4.69, 9.17) is 14.9 Å². The van der Waals surface area contributed by atoms with Crippen molar-refractivity contribution < 1.29 is 24.5 Å². The predicted molar refractivity (Wildman–Crippen MR) is 71.5 cm³/mol. The standard InChI is InChI=1S/C12H23N3O5/c1-9(8-15-3-6-20-7-4-15)13-12(19)14-10(2-5-16)11(17)18/h9-10,16H,2-8H2,1H3,(H,17,18)(H2,13,14,19)/t9?,10-/m1/s1. The minimum atomic E-state index is -1.16. The summed E-state index contributed by atoms with van der Waals surface area (Å²) < 4.78 is 5.24. The van der Waals surface area contributed by atoms with E-state index < -0.39 is 18.0 Å². The van der Waals surface area contributed by atoms with E-state index in [0.717, 1.165) is 13.1 Å². The number of carboxylic acids is 1. The molecule has 8 nitrogen and oxygen atoms in total. The number of aliphatic hydroxyl groups excluding tert-OH is 1. The second kappa shape index (κ2) is 8.72. The van der Waals surface area contributed by atoms with Crippen molar-refractivity contribution in [2.75, 3.05) is 39.5 Å². The second-order valence-electron chi connectivity index (χ2n) is 4.83. The zero-order valence-corrected chi connectivity index (χ0v) is 11.7. The van der Waals surface area contributed by atoms with Crippen LogP contribution >= 0.6 is 0 Å². The number of nitrogens with one attached hydrogen (secondary N) is 2. The van der Waals surface area contributed by atoms with Gasteiger partial charge in [0.1, 0.15) is 6.04 Å². The fourth-order valence-corrected chi connectivity index (χ4v) is 2.03. The highest BCUT2D eigenvalue weighted by molar-refractivity contribution is 5.82. The van der Waals surface area contributed by atoms with Gasteiger partial charge in [0.2, 0.25) is 0 Å². The van der Waals surface area contributed by atoms with E-state index in [1.54, 1.807) is 0 Å². The van der Waals surface area contributed by atoms with Crippen LogP contribution in [0.15, 0.2) is 0 Å². The molecular weight excluding hydrogens is 266 g/mol. The lowest BCUT2D eigenvalue weighted by molar-refractivity contribution is -0.139. The molecule has 0 aromatic rings. The first-order chi connectivity index (χ1) is 9.52. The van der Waals surface area contributed by atoms with E-state index in [1.807, 2.05) is 6.92 Å². The molecule has 116 valence electrons. The lowest BCUT2D eigenvalue weighted by atomic mass is 10.2. The number of carboxylic acid groups (broad SMARTS) is 1. The van der Waals surface area contributed by atoms with Crippen LogP contribution in [0.4, 0.5) is 4.79 Å². The van der Waals surface area contributed by atoms with E-state index in [0.29, 0.717) is 19.8 Å². The van der Waals surface area contributed by atoms with Gasteiger partial charge < -0.3 is 25.6 Å². The van der Waals surface area contributed by atoms with E-state index in [-0.39, 0.29) is 19.1 Å². The highest BCUT2D eigenvalue weighted by atomic mass is 16.5. The molecule has 4 N–H and O–H groups in total. The zero-order chi connectivity index (χ0) is 15.0. The molecule has 1 aliphatic rings. The summed E-state index contributed by atoms with van der Waals surface area (Å²) in [5.74, 6) is -1.16. The van der Waals surface area contributed by atoms with Crippen LogP contribution in [0.5, 0.6) is 0 Å². The van der Waals surface area contributed by atoms with Crippen LogP contribution in [-0.4, -0.2) is 78.7 Å². The third-order valence-corrected chi connectivity index (χ3v) is 3.03. The van der Waals surface area contributed by atoms with Gasteiger partial charge in [-0.1, -0.05) is 0 Å². The minimum absolute atomic E-state index is 0.0133. The third kappa shape index (κ3) is 6.18. The second-order valence-corrected chi connectivity index (χ2v) is 4.83. The van der Waals surface area contributed by atoms with E-state index in [9.17, 15) is 9.59 Å². The van der Waals surface area contributed by atoms with Gasteiger partial charge in [0.05, 0.1) is 13.2 Å². The number of carbonyl (C=O) groups is 2. The molecule has 0 bridgehead atoms. The molecule has 1 unspecified atom stereocenters. The molecule has 1 aliphatic heterocycles. The van der Waals surface area contributed by atoms with Crippen LogP contribution < -0.4 is 10.6 Å². The Balaban J connectivity index is 2.30. The normalized spacial score (nSPS) is 19.1. The maximum atomic E-state index is 11.7. The van der Waals surface area contributed by atoms with Gasteiger partial charge in [0, 0.05) is 38.7 Å². The number of nitrogens with zero attached hydrogens (tertiary/aromatic N) is 1. The van der Waals surface area contributed by atoms with Crippen molar-refractivity contribution in [1.82, 2.24) is 15.5 Å². The van der Waals surface area contributed by atoms with Crippen molar-refractivity contribution >= 4 is 12.0 Å². The maximum absolute atomic E-state index is 11.7. The molecule has 2 amide bonds. The molecule has 1 rings (SSSR count). The number of rotatable bonds is 7. The van der Waals surface area contributed by atoms with Crippen LogP contribution in [-0.2, 0) is 9.53 Å². The number of aliphatic carboxylic acids is 1. The highest BCUT2D eigenvalue weighted by Gasteiger charge is 2.21. The summed E-state index contributed by atoms with van der Waals surface area (Å²) in [7, 11) is 0. The highest BCUT2D eigenvalue weighted by Crippen LogP contribution is 1.98. The molecule has 0 radical (unpaired) electrons. The van der Waals surface area contributed by atoms with Crippen LogP contribution in [0.1, 0.15) is 13.3 Å². The molecule has 8 heteroatoms. The first kappa shape index (κ1) is 16.7. The van der Waals surface area contributed by atoms with Gasteiger partial charge in [0.25, 0.3) is 0 Å². The number of carbonyl (C=O) groups excluding carboxylic acids is 1. The summed E-state index contributed by atoms with van der Waals surface area (Å²) in [6.07, 6.45) is -0.0133. The van der Waals surface area contributed by atoms with E-state index in [2.05, 4.69) is 15.5 Å². The first-order valence-corrected chi connectivity index (χ1v) is 6.73. The summed E-state index contributed by atoms with van der Waals surface area (Å²) in [5, 5.41) is 22.6. The molecule has 0 spiro atoms. The Morgan fingerprint density at radius 2 is 1.95 bits per heavy atom. The van der Waals surface area contributed by atoms with Gasteiger partial charge >= 0.3 is 12.0 Å². The Bertz CT molecular complexity index is 320. The molecular formula is C12H23N3O5. The third-order valence-electron chi connectivity index (χ3n) is 3.03. The lowest BCUT2D eigenvalue weighted by Gasteiger charge is -2.29. The molecule has 1 saturated heterocycles. The largest absolute Gasteiger partial charge is 0.480 e. The molecule has 1 fully saturated rings. The first-order valence-electron chi connectivity index (χ1n) is 6.73. The van der Waals surface area contributed by atoms with E-state index >= 15 is 0 Å². The molecule has 0 aromatic carbocycles. The topological polar surface area (TPSA) is 111 Å². The minimum Gasteiger partial charge on any atom is -0.480 e. The van der Waals surface area contributed by atoms with Crippen LogP contribution in [0, 0.1) is 0 Å². The molecule has 20 heavy (non-hydrogen) atoms. The monoisotopic (exact) mass is 289 g/mol. The van der Waals surface area contributed by atoms with Gasteiger partial charge in [-0.05, 0) is 6.92 Å². The van der Waals surface area contributed by atoms with Gasteiger partial charge in [0.15, 0.2) is 0 Å². The SMILES string of the molecule is CC(CN1CCOCC1)NC(=O)N[C@H](CCO)C(=O)O. The average Bonchev–Trinajstić information content (AvgIpc) is 2.38. The Morgan fingerprint density at radius 1 is 1.30 bits per heavy atom. The van der Waals surface area contributed by atoms with Crippen LogP contribution in [0.25, 0.3) is 0 Å². The summed E-state index contributed by atoms with van der Waals surface area (Å²) in [5.41, 5.74) is 0. The van der Waals surface area contributed by atoms with Crippen molar-refractivity contribution in [3.05, 3.63) is 0 Å². The molecule has 0 aromatic heterocycles. The Hall–Kier alpha value is -1.38. The van der Waals surface area contributed by atoms with Crippen molar-refractivity contribution in [3.63, 3.8) is 0 Å². The van der Waals surface area contributed by atoms with Gasteiger partial charge in [-0.25, -0.2) is 9.59 Å². The number of amides is 2. The maximum Gasteiger partial charge on any atom is 0.326 e. The summed E-state index contributed by atoms with van der Waals surface area (Å²) in [6.45, 7) is 5.30.